The molecule has 0 fully saturated rings. The third-order valence-corrected chi connectivity index (χ3v) is 7.55. The van der Waals surface area contributed by atoms with E-state index in [0.717, 1.165) is 17.1 Å². The van der Waals surface area contributed by atoms with E-state index in [9.17, 15) is 9.59 Å². The summed E-state index contributed by atoms with van der Waals surface area (Å²) in [5, 5.41) is 3.27. The van der Waals surface area contributed by atoms with Gasteiger partial charge in [0.2, 0.25) is 0 Å². The van der Waals surface area contributed by atoms with Gasteiger partial charge in [0.05, 0.1) is 6.54 Å². The number of carbonyl (C=O) groups is 2. The lowest BCUT2D eigenvalue weighted by atomic mass is 9.78. The van der Waals surface area contributed by atoms with E-state index in [4.69, 9.17) is 25.8 Å². The van der Waals surface area contributed by atoms with Crippen LogP contribution in [0.5, 0.6) is 5.75 Å². The molecule has 6 nitrogen and oxygen atoms in total. The largest absolute Gasteiger partial charge is 0.490 e. The second-order valence-electron chi connectivity index (χ2n) is 9.67. The molecule has 0 aliphatic rings. The van der Waals surface area contributed by atoms with Gasteiger partial charge in [0.25, 0.3) is 0 Å². The van der Waals surface area contributed by atoms with Crippen LogP contribution in [0.25, 0.3) is 0 Å². The third kappa shape index (κ3) is 11.0. The van der Waals surface area contributed by atoms with Gasteiger partial charge in [-0.25, -0.2) is 9.59 Å². The van der Waals surface area contributed by atoms with Gasteiger partial charge in [-0.05, 0) is 66.6 Å². The highest BCUT2D eigenvalue weighted by atomic mass is 35.5. The summed E-state index contributed by atoms with van der Waals surface area (Å²) >= 11 is 7.53. The summed E-state index contributed by atoms with van der Waals surface area (Å²) in [5.41, 5.74) is 1.61. The van der Waals surface area contributed by atoms with E-state index < -0.39 is 18.2 Å². The van der Waals surface area contributed by atoms with Crippen LogP contribution >= 0.6 is 23.4 Å². The van der Waals surface area contributed by atoms with Crippen LogP contribution in [0.15, 0.2) is 65.6 Å². The Bertz CT molecular complexity index is 1030. The Morgan fingerprint density at radius 1 is 1.05 bits per heavy atom. The summed E-state index contributed by atoms with van der Waals surface area (Å²) in [6, 6.07) is 15.7. The van der Waals surface area contributed by atoms with E-state index in [1.807, 2.05) is 36.4 Å². The number of hydrogen-bond acceptors (Lipinski definition) is 6. The van der Waals surface area contributed by atoms with Gasteiger partial charge < -0.3 is 19.5 Å². The Hall–Kier alpha value is -2.64. The van der Waals surface area contributed by atoms with Crippen molar-refractivity contribution in [2.75, 3.05) is 25.5 Å². The predicted octanol–water partition coefficient (Wildman–Crippen LogP) is 7.51. The van der Waals surface area contributed by atoms with E-state index in [1.54, 1.807) is 18.7 Å². The average Bonchev–Trinajstić information content (AvgIpc) is 2.89. The molecule has 3 atom stereocenters. The van der Waals surface area contributed by atoms with Crippen LogP contribution < -0.4 is 10.1 Å². The average molecular weight is 562 g/mol. The van der Waals surface area contributed by atoms with Crippen molar-refractivity contribution >= 4 is 35.4 Å². The first kappa shape index (κ1) is 31.6. The maximum Gasteiger partial charge on any atom is 0.407 e. The van der Waals surface area contributed by atoms with Crippen molar-refractivity contribution in [3.63, 3.8) is 0 Å². The summed E-state index contributed by atoms with van der Waals surface area (Å²) in [6.45, 7) is 14.5. The van der Waals surface area contributed by atoms with E-state index in [0.29, 0.717) is 34.1 Å². The van der Waals surface area contributed by atoms with E-state index in [2.05, 4.69) is 51.7 Å². The molecule has 0 spiro atoms. The Balaban J connectivity index is 1.98. The summed E-state index contributed by atoms with van der Waals surface area (Å²) in [6.07, 6.45) is 0.00581. The van der Waals surface area contributed by atoms with Gasteiger partial charge in [0.1, 0.15) is 25.1 Å². The van der Waals surface area contributed by atoms with Crippen molar-refractivity contribution in [1.29, 1.82) is 0 Å². The summed E-state index contributed by atoms with van der Waals surface area (Å²) < 4.78 is 16.6. The number of esters is 1. The Morgan fingerprint density at radius 2 is 1.71 bits per heavy atom. The lowest BCUT2D eigenvalue weighted by Crippen LogP contribution is -2.35. The number of hydrogen-bond donors (Lipinski definition) is 1. The number of thioether (sulfide) groups is 1. The highest BCUT2D eigenvalue weighted by Gasteiger charge is 2.22. The number of nitrogens with one attached hydrogen (secondary N) is 1. The fourth-order valence-electron chi connectivity index (χ4n) is 4.05. The van der Waals surface area contributed by atoms with Crippen molar-refractivity contribution in [2.45, 2.75) is 58.0 Å². The van der Waals surface area contributed by atoms with Crippen molar-refractivity contribution in [2.24, 2.45) is 11.8 Å². The number of carbonyl (C=O) groups excluding carboxylic acids is 2. The fraction of sp³-hybridized carbons (Fsp3) is 0.467. The van der Waals surface area contributed by atoms with Crippen molar-refractivity contribution in [3.8, 4) is 5.75 Å². The van der Waals surface area contributed by atoms with E-state index in [1.165, 1.54) is 5.56 Å². The maximum absolute atomic E-state index is 12.4. The molecule has 0 radical (unpaired) electrons. The van der Waals surface area contributed by atoms with Gasteiger partial charge in [-0.2, -0.15) is 0 Å². The standard InChI is InChI=1S/C30H40ClNO5S/c1-7-22(6)28(20(2)3)23-8-12-25(13-9-23)36-18-26(19-38-27-14-10-24(31)11-15-27)37-30(34)32-16-17-35-29(33)21(4)5/h8-15,20,22,26,28H,4,7,16-19H2,1-3,5-6H3,(H,32,34). The molecular weight excluding hydrogens is 522 g/mol. The Morgan fingerprint density at radius 3 is 2.29 bits per heavy atom. The van der Waals surface area contributed by atoms with Gasteiger partial charge in [-0.15, -0.1) is 11.8 Å². The molecule has 3 unspecified atom stereocenters. The maximum atomic E-state index is 12.4. The number of alkyl carbamates (subject to hydrolysis) is 1. The summed E-state index contributed by atoms with van der Waals surface area (Å²) in [5.74, 6) is 2.33. The van der Waals surface area contributed by atoms with Crippen LogP contribution in [-0.2, 0) is 14.3 Å². The number of halogens is 1. The molecule has 0 aliphatic heterocycles. The smallest absolute Gasteiger partial charge is 0.407 e. The molecular formula is C30H40ClNO5S. The molecule has 0 heterocycles. The first-order valence-electron chi connectivity index (χ1n) is 13.0. The van der Waals surface area contributed by atoms with Crippen LogP contribution in [0.2, 0.25) is 5.02 Å². The normalized spacial score (nSPS) is 13.3. The minimum atomic E-state index is -0.606. The van der Waals surface area contributed by atoms with Crippen molar-refractivity contribution in [1.82, 2.24) is 5.32 Å². The van der Waals surface area contributed by atoms with Gasteiger partial charge in [0.15, 0.2) is 0 Å². The minimum absolute atomic E-state index is 0.0296. The number of benzene rings is 2. The number of rotatable bonds is 15. The zero-order chi connectivity index (χ0) is 28.1. The molecule has 0 saturated heterocycles. The van der Waals surface area contributed by atoms with Crippen LogP contribution in [0.4, 0.5) is 4.79 Å². The van der Waals surface area contributed by atoms with Crippen molar-refractivity contribution < 1.29 is 23.8 Å². The Kier molecular flexibility index (Phi) is 13.6. The van der Waals surface area contributed by atoms with Gasteiger partial charge in [0, 0.05) is 21.2 Å². The van der Waals surface area contributed by atoms with Crippen molar-refractivity contribution in [3.05, 3.63) is 71.3 Å². The molecule has 208 valence electrons. The van der Waals surface area contributed by atoms with E-state index in [-0.39, 0.29) is 19.8 Å². The second kappa shape index (κ2) is 16.4. The Labute approximate surface area is 236 Å². The molecule has 2 rings (SSSR count). The lowest BCUT2D eigenvalue weighted by molar-refractivity contribution is -0.138. The third-order valence-electron chi connectivity index (χ3n) is 6.15. The molecule has 2 aromatic rings. The zero-order valence-corrected chi connectivity index (χ0v) is 24.6. The van der Waals surface area contributed by atoms with Crippen LogP contribution in [0.1, 0.15) is 52.5 Å². The van der Waals surface area contributed by atoms with Gasteiger partial charge in [-0.1, -0.05) is 64.4 Å². The molecule has 0 aromatic heterocycles. The van der Waals surface area contributed by atoms with Gasteiger partial charge in [-0.3, -0.25) is 0 Å². The molecule has 0 aliphatic carbocycles. The quantitative estimate of drug-likeness (QED) is 0.105. The van der Waals surface area contributed by atoms with Crippen LogP contribution in [-0.4, -0.2) is 43.7 Å². The SMILES string of the molecule is C=C(C)C(=O)OCCNC(=O)OC(COc1ccc(C(C(C)C)C(C)CC)cc1)CSc1ccc(Cl)cc1. The topological polar surface area (TPSA) is 73.9 Å². The molecule has 38 heavy (non-hydrogen) atoms. The minimum Gasteiger partial charge on any atom is -0.490 e. The first-order chi connectivity index (χ1) is 18.1. The molecule has 0 bridgehead atoms. The molecule has 1 N–H and O–H groups in total. The fourth-order valence-corrected chi connectivity index (χ4v) is 5.05. The van der Waals surface area contributed by atoms with Gasteiger partial charge >= 0.3 is 12.1 Å². The summed E-state index contributed by atoms with van der Waals surface area (Å²) in [7, 11) is 0. The zero-order valence-electron chi connectivity index (χ0n) is 23.0. The second-order valence-corrected chi connectivity index (χ2v) is 11.2. The first-order valence-corrected chi connectivity index (χ1v) is 14.3. The monoisotopic (exact) mass is 561 g/mol. The number of ether oxygens (including phenoxy) is 3. The van der Waals surface area contributed by atoms with Crippen LogP contribution in [0, 0.1) is 11.8 Å². The van der Waals surface area contributed by atoms with Crippen LogP contribution in [0.3, 0.4) is 0 Å². The highest BCUT2D eigenvalue weighted by molar-refractivity contribution is 7.99. The van der Waals surface area contributed by atoms with E-state index >= 15 is 0 Å². The highest BCUT2D eigenvalue weighted by Crippen LogP contribution is 2.34. The molecule has 2 aromatic carbocycles. The lowest BCUT2D eigenvalue weighted by Gasteiger charge is -2.27. The predicted molar refractivity (Wildman–Crippen MR) is 155 cm³/mol. The number of amides is 1. The molecule has 0 saturated carbocycles. The summed E-state index contributed by atoms with van der Waals surface area (Å²) in [4.78, 5) is 24.9. The molecule has 8 heteroatoms. The molecule has 1 amide bonds.